The quantitative estimate of drug-likeness (QED) is 0.387. The molecule has 0 radical (unpaired) electrons. The lowest BCUT2D eigenvalue weighted by Gasteiger charge is -2.06. The van der Waals surface area contributed by atoms with Crippen LogP contribution in [-0.4, -0.2) is 5.78 Å². The van der Waals surface area contributed by atoms with E-state index in [1.165, 1.54) is 0 Å². The summed E-state index contributed by atoms with van der Waals surface area (Å²) in [5.74, 6) is -0.130. The number of anilines is 2. The van der Waals surface area contributed by atoms with E-state index in [2.05, 4.69) is 25.3 Å². The van der Waals surface area contributed by atoms with Gasteiger partial charge in [-0.15, -0.1) is 25.3 Å². The first-order valence-corrected chi connectivity index (χ1v) is 6.10. The Balaban J connectivity index is 2.41. The van der Waals surface area contributed by atoms with Crippen LogP contribution in [0.15, 0.2) is 46.2 Å². The van der Waals surface area contributed by atoms with Crippen LogP contribution in [0.3, 0.4) is 0 Å². The van der Waals surface area contributed by atoms with Crippen molar-refractivity contribution in [2.45, 2.75) is 9.79 Å². The Morgan fingerprint density at radius 1 is 0.833 bits per heavy atom. The molecule has 0 amide bonds. The SMILES string of the molecule is Nc1cc(C(=O)c2ccc(S)c(N)c2)ccc1S. The highest BCUT2D eigenvalue weighted by atomic mass is 32.1. The summed E-state index contributed by atoms with van der Waals surface area (Å²) in [5, 5.41) is 0. The van der Waals surface area contributed by atoms with E-state index in [0.717, 1.165) is 0 Å². The summed E-state index contributed by atoms with van der Waals surface area (Å²) in [5.41, 5.74) is 13.4. The molecule has 0 unspecified atom stereocenters. The van der Waals surface area contributed by atoms with Crippen molar-refractivity contribution in [3.05, 3.63) is 47.5 Å². The molecule has 0 bridgehead atoms. The smallest absolute Gasteiger partial charge is 0.193 e. The Labute approximate surface area is 116 Å². The fraction of sp³-hybridized carbons (Fsp3) is 0. The average Bonchev–Trinajstić information content (AvgIpc) is 2.35. The monoisotopic (exact) mass is 276 g/mol. The Morgan fingerprint density at radius 2 is 1.22 bits per heavy atom. The summed E-state index contributed by atoms with van der Waals surface area (Å²) < 4.78 is 0. The predicted molar refractivity (Wildman–Crippen MR) is 79.6 cm³/mol. The van der Waals surface area contributed by atoms with Gasteiger partial charge < -0.3 is 11.5 Å². The van der Waals surface area contributed by atoms with E-state index in [1.807, 2.05) is 0 Å². The van der Waals surface area contributed by atoms with E-state index in [1.54, 1.807) is 36.4 Å². The molecule has 18 heavy (non-hydrogen) atoms. The van der Waals surface area contributed by atoms with Crippen LogP contribution in [0.5, 0.6) is 0 Å². The van der Waals surface area contributed by atoms with Crippen LogP contribution >= 0.6 is 25.3 Å². The number of carbonyl (C=O) groups is 1. The van der Waals surface area contributed by atoms with Crippen LogP contribution in [0.1, 0.15) is 15.9 Å². The third-order valence-electron chi connectivity index (χ3n) is 2.58. The van der Waals surface area contributed by atoms with Gasteiger partial charge in [0.2, 0.25) is 0 Å². The number of carbonyl (C=O) groups excluding carboxylic acids is 1. The van der Waals surface area contributed by atoms with Crippen molar-refractivity contribution in [2.24, 2.45) is 0 Å². The van der Waals surface area contributed by atoms with Crippen molar-refractivity contribution in [3.63, 3.8) is 0 Å². The third-order valence-corrected chi connectivity index (χ3v) is 3.39. The van der Waals surface area contributed by atoms with E-state index in [-0.39, 0.29) is 5.78 Å². The van der Waals surface area contributed by atoms with E-state index in [0.29, 0.717) is 32.3 Å². The minimum absolute atomic E-state index is 0.130. The Morgan fingerprint density at radius 3 is 1.56 bits per heavy atom. The Bertz CT molecular complexity index is 573. The van der Waals surface area contributed by atoms with Gasteiger partial charge in [0.15, 0.2) is 5.78 Å². The number of thiol groups is 2. The van der Waals surface area contributed by atoms with Gasteiger partial charge in [-0.3, -0.25) is 4.79 Å². The lowest BCUT2D eigenvalue weighted by Crippen LogP contribution is -2.03. The van der Waals surface area contributed by atoms with Crippen LogP contribution in [0.4, 0.5) is 11.4 Å². The molecule has 5 heteroatoms. The molecule has 2 rings (SSSR count). The Hall–Kier alpha value is -1.59. The van der Waals surface area contributed by atoms with Crippen molar-refractivity contribution < 1.29 is 4.79 Å². The number of hydrogen-bond donors (Lipinski definition) is 4. The minimum Gasteiger partial charge on any atom is -0.398 e. The molecule has 0 spiro atoms. The van der Waals surface area contributed by atoms with Crippen molar-refractivity contribution >= 4 is 42.4 Å². The van der Waals surface area contributed by atoms with Gasteiger partial charge in [0.05, 0.1) is 0 Å². The molecule has 0 saturated carbocycles. The van der Waals surface area contributed by atoms with Gasteiger partial charge >= 0.3 is 0 Å². The summed E-state index contributed by atoms with van der Waals surface area (Å²) in [6, 6.07) is 9.98. The lowest BCUT2D eigenvalue weighted by atomic mass is 10.0. The molecule has 3 nitrogen and oxygen atoms in total. The first-order chi connectivity index (χ1) is 8.49. The number of nitrogens with two attached hydrogens (primary N) is 2. The maximum atomic E-state index is 12.2. The summed E-state index contributed by atoms with van der Waals surface area (Å²) in [7, 11) is 0. The molecule has 0 saturated heterocycles. The van der Waals surface area contributed by atoms with Crippen molar-refractivity contribution in [2.75, 3.05) is 11.5 Å². The summed E-state index contributed by atoms with van der Waals surface area (Å²) in [6.07, 6.45) is 0. The summed E-state index contributed by atoms with van der Waals surface area (Å²) in [4.78, 5) is 13.5. The fourth-order valence-electron chi connectivity index (χ4n) is 1.56. The molecule has 0 aliphatic heterocycles. The zero-order chi connectivity index (χ0) is 13.3. The first-order valence-electron chi connectivity index (χ1n) is 5.20. The van der Waals surface area contributed by atoms with Gasteiger partial charge in [-0.2, -0.15) is 0 Å². The fourth-order valence-corrected chi connectivity index (χ4v) is 1.84. The molecule has 0 aliphatic carbocycles. The first kappa shape index (κ1) is 12.9. The molecule has 0 atom stereocenters. The molecule has 0 heterocycles. The normalized spacial score (nSPS) is 10.3. The van der Waals surface area contributed by atoms with Gasteiger partial charge in [0.25, 0.3) is 0 Å². The second kappa shape index (κ2) is 4.96. The van der Waals surface area contributed by atoms with Crippen LogP contribution in [0.2, 0.25) is 0 Å². The van der Waals surface area contributed by atoms with Gasteiger partial charge in [-0.1, -0.05) is 0 Å². The molecular weight excluding hydrogens is 264 g/mol. The number of rotatable bonds is 2. The molecule has 0 aliphatic rings. The van der Waals surface area contributed by atoms with Gasteiger partial charge in [-0.05, 0) is 36.4 Å². The maximum Gasteiger partial charge on any atom is 0.193 e. The molecule has 92 valence electrons. The van der Waals surface area contributed by atoms with E-state index >= 15 is 0 Å². The van der Waals surface area contributed by atoms with E-state index in [9.17, 15) is 4.79 Å². The van der Waals surface area contributed by atoms with Crippen molar-refractivity contribution in [1.82, 2.24) is 0 Å². The van der Waals surface area contributed by atoms with Crippen molar-refractivity contribution in [1.29, 1.82) is 0 Å². The van der Waals surface area contributed by atoms with E-state index in [4.69, 9.17) is 11.5 Å². The van der Waals surface area contributed by atoms with Crippen LogP contribution in [-0.2, 0) is 0 Å². The zero-order valence-electron chi connectivity index (χ0n) is 9.42. The summed E-state index contributed by atoms with van der Waals surface area (Å²) in [6.45, 7) is 0. The minimum atomic E-state index is -0.130. The zero-order valence-corrected chi connectivity index (χ0v) is 11.2. The highest BCUT2D eigenvalue weighted by molar-refractivity contribution is 7.80. The van der Waals surface area contributed by atoms with Gasteiger partial charge in [-0.25, -0.2) is 0 Å². The molecule has 4 N–H and O–H groups in total. The number of hydrogen-bond acceptors (Lipinski definition) is 5. The highest BCUT2D eigenvalue weighted by Gasteiger charge is 2.11. The van der Waals surface area contributed by atoms with Gasteiger partial charge in [0.1, 0.15) is 0 Å². The van der Waals surface area contributed by atoms with Crippen molar-refractivity contribution in [3.8, 4) is 0 Å². The topological polar surface area (TPSA) is 69.1 Å². The predicted octanol–water partition coefficient (Wildman–Crippen LogP) is 2.66. The molecule has 2 aromatic carbocycles. The molecule has 2 aromatic rings. The molecular formula is C13H12N2OS2. The van der Waals surface area contributed by atoms with Crippen LogP contribution in [0, 0.1) is 0 Å². The van der Waals surface area contributed by atoms with E-state index < -0.39 is 0 Å². The second-order valence-corrected chi connectivity index (χ2v) is 4.84. The number of ketones is 1. The highest BCUT2D eigenvalue weighted by Crippen LogP contribution is 2.22. The number of nitrogen functional groups attached to an aromatic ring is 2. The largest absolute Gasteiger partial charge is 0.398 e. The summed E-state index contributed by atoms with van der Waals surface area (Å²) >= 11 is 8.33. The second-order valence-electron chi connectivity index (χ2n) is 3.88. The average molecular weight is 276 g/mol. The maximum absolute atomic E-state index is 12.2. The van der Waals surface area contributed by atoms with Crippen LogP contribution in [0.25, 0.3) is 0 Å². The standard InChI is InChI=1S/C13H12N2OS2/c14-9-5-7(1-3-11(9)17)13(16)8-2-4-12(18)10(15)6-8/h1-6,17-18H,14-15H2. The molecule has 0 fully saturated rings. The molecule has 0 aromatic heterocycles. The number of benzene rings is 2. The Kier molecular flexibility index (Phi) is 3.54. The third kappa shape index (κ3) is 2.47. The van der Waals surface area contributed by atoms with Gasteiger partial charge in [0, 0.05) is 32.3 Å². The lowest BCUT2D eigenvalue weighted by molar-refractivity contribution is 0.103. The van der Waals surface area contributed by atoms with Crippen LogP contribution < -0.4 is 11.5 Å².